The summed E-state index contributed by atoms with van der Waals surface area (Å²) < 4.78 is 25.7. The molecule has 0 aliphatic rings. The van der Waals surface area contributed by atoms with Gasteiger partial charge in [-0.1, -0.05) is 13.8 Å². The summed E-state index contributed by atoms with van der Waals surface area (Å²) in [7, 11) is -1.80. The van der Waals surface area contributed by atoms with Crippen LogP contribution < -0.4 is 0 Å². The lowest BCUT2D eigenvalue weighted by atomic mass is 10.3. The highest BCUT2D eigenvalue weighted by Gasteiger charge is 2.20. The molecule has 94 valence electrons. The fourth-order valence-corrected chi connectivity index (χ4v) is 2.97. The Balaban J connectivity index is 3.08. The minimum absolute atomic E-state index is 0.288. The average Bonchev–Trinajstić information content (AvgIpc) is 2.31. The van der Waals surface area contributed by atoms with Crippen LogP contribution in [0.1, 0.15) is 13.8 Å². The van der Waals surface area contributed by atoms with Gasteiger partial charge < -0.3 is 0 Å². The van der Waals surface area contributed by atoms with Crippen LogP contribution in [0.4, 0.5) is 5.69 Å². The van der Waals surface area contributed by atoms with Gasteiger partial charge >= 0.3 is 0 Å². The van der Waals surface area contributed by atoms with E-state index < -0.39 is 10.0 Å². The zero-order valence-corrected chi connectivity index (χ0v) is 11.1. The number of nitrogens with zero attached hydrogens (tertiary/aromatic N) is 3. The van der Waals surface area contributed by atoms with Gasteiger partial charge in [-0.15, -0.1) is 0 Å². The highest BCUT2D eigenvalue weighted by molar-refractivity contribution is 7.89. The van der Waals surface area contributed by atoms with Crippen LogP contribution in [0.3, 0.4) is 0 Å². The number of hydrogen-bond acceptors (Lipinski definition) is 4. The number of azo groups is 1. The molecule has 0 heterocycles. The van der Waals surface area contributed by atoms with Crippen molar-refractivity contribution in [1.82, 2.24) is 4.31 Å². The lowest BCUT2D eigenvalue weighted by molar-refractivity contribution is 0.445. The van der Waals surface area contributed by atoms with Crippen molar-refractivity contribution in [3.63, 3.8) is 0 Å². The largest absolute Gasteiger partial charge is 0.243 e. The highest BCUT2D eigenvalue weighted by atomic mass is 32.2. The molecule has 0 spiro atoms. The fourth-order valence-electron chi connectivity index (χ4n) is 1.51. The molecule has 1 aromatic carbocycles. The summed E-state index contributed by atoms with van der Waals surface area (Å²) in [6, 6.07) is 6.39. The third kappa shape index (κ3) is 3.10. The van der Waals surface area contributed by atoms with Crippen LogP contribution in [0, 0.1) is 0 Å². The van der Waals surface area contributed by atoms with Gasteiger partial charge in [0.2, 0.25) is 10.0 Å². The van der Waals surface area contributed by atoms with Crippen molar-refractivity contribution in [1.29, 1.82) is 0 Å². The Labute approximate surface area is 102 Å². The van der Waals surface area contributed by atoms with E-state index in [1.807, 2.05) is 13.8 Å². The molecule has 17 heavy (non-hydrogen) atoms. The first-order chi connectivity index (χ1) is 8.06. The van der Waals surface area contributed by atoms with Crippen molar-refractivity contribution in [3.05, 3.63) is 24.3 Å². The van der Waals surface area contributed by atoms with Crippen LogP contribution in [0.5, 0.6) is 0 Å². The summed E-state index contributed by atoms with van der Waals surface area (Å²) in [4.78, 5) is 0.288. The van der Waals surface area contributed by atoms with E-state index in [9.17, 15) is 8.42 Å². The number of benzene rings is 1. The number of hydrogen-bond donors (Lipinski definition) is 0. The summed E-state index contributed by atoms with van der Waals surface area (Å²) in [6.07, 6.45) is 0. The fraction of sp³-hybridized carbons (Fsp3) is 0.455. The first-order valence-corrected chi connectivity index (χ1v) is 6.90. The van der Waals surface area contributed by atoms with Gasteiger partial charge in [-0.3, -0.25) is 0 Å². The van der Waals surface area contributed by atoms with E-state index in [0.29, 0.717) is 18.8 Å². The minimum Gasteiger partial charge on any atom is -0.207 e. The van der Waals surface area contributed by atoms with Crippen LogP contribution in [-0.2, 0) is 10.0 Å². The van der Waals surface area contributed by atoms with Gasteiger partial charge in [0.05, 0.1) is 10.6 Å². The Kier molecular flexibility index (Phi) is 4.77. The second-order valence-corrected chi connectivity index (χ2v) is 5.32. The first-order valence-electron chi connectivity index (χ1n) is 5.46. The zero-order valence-electron chi connectivity index (χ0n) is 10.3. The van der Waals surface area contributed by atoms with Crippen molar-refractivity contribution < 1.29 is 8.42 Å². The van der Waals surface area contributed by atoms with E-state index in [1.165, 1.54) is 4.31 Å². The molecule has 0 amide bonds. The average molecular weight is 255 g/mol. The van der Waals surface area contributed by atoms with E-state index in [0.717, 1.165) is 0 Å². The maximum absolute atomic E-state index is 12.1. The molecule has 0 unspecified atom stereocenters. The van der Waals surface area contributed by atoms with Gasteiger partial charge in [0.25, 0.3) is 0 Å². The molecule has 0 atom stereocenters. The summed E-state index contributed by atoms with van der Waals surface area (Å²) in [5.41, 5.74) is 0.644. The molecule has 1 aromatic rings. The van der Waals surface area contributed by atoms with Crippen molar-refractivity contribution in [2.24, 2.45) is 10.2 Å². The molecule has 0 saturated carbocycles. The van der Waals surface area contributed by atoms with E-state index in [1.54, 1.807) is 31.3 Å². The van der Waals surface area contributed by atoms with Crippen molar-refractivity contribution >= 4 is 15.7 Å². The summed E-state index contributed by atoms with van der Waals surface area (Å²) in [5.74, 6) is 0. The predicted molar refractivity (Wildman–Crippen MR) is 67.0 cm³/mol. The Morgan fingerprint density at radius 1 is 1.12 bits per heavy atom. The minimum atomic E-state index is -3.37. The van der Waals surface area contributed by atoms with Crippen LogP contribution >= 0.6 is 0 Å². The summed E-state index contributed by atoms with van der Waals surface area (Å²) in [6.45, 7) is 4.58. The Morgan fingerprint density at radius 2 is 1.65 bits per heavy atom. The van der Waals surface area contributed by atoms with Gasteiger partial charge in [-0.05, 0) is 24.3 Å². The normalized spacial score (nSPS) is 12.5. The summed E-state index contributed by atoms with van der Waals surface area (Å²) in [5, 5.41) is 7.46. The summed E-state index contributed by atoms with van der Waals surface area (Å²) >= 11 is 0. The molecule has 0 fully saturated rings. The van der Waals surface area contributed by atoms with E-state index in [-0.39, 0.29) is 4.90 Å². The van der Waals surface area contributed by atoms with Crippen LogP contribution in [0.15, 0.2) is 39.4 Å². The molecule has 0 radical (unpaired) electrons. The molecule has 0 aliphatic heterocycles. The lowest BCUT2D eigenvalue weighted by Crippen LogP contribution is -2.30. The molecule has 0 aromatic heterocycles. The maximum atomic E-state index is 12.1. The molecule has 0 N–H and O–H groups in total. The third-order valence-corrected chi connectivity index (χ3v) is 4.46. The van der Waals surface area contributed by atoms with Crippen molar-refractivity contribution in [2.75, 3.05) is 20.1 Å². The van der Waals surface area contributed by atoms with Gasteiger partial charge in [-0.2, -0.15) is 14.5 Å². The number of sulfonamides is 1. The lowest BCUT2D eigenvalue weighted by Gasteiger charge is -2.18. The Hall–Kier alpha value is -1.27. The van der Waals surface area contributed by atoms with Gasteiger partial charge in [0.1, 0.15) is 0 Å². The zero-order chi connectivity index (χ0) is 12.9. The first kappa shape index (κ1) is 13.8. The number of rotatable bonds is 5. The van der Waals surface area contributed by atoms with E-state index >= 15 is 0 Å². The van der Waals surface area contributed by atoms with Crippen molar-refractivity contribution in [2.45, 2.75) is 18.7 Å². The third-order valence-electron chi connectivity index (χ3n) is 2.40. The standard InChI is InChI=1S/C11H17N3O2S/c1-4-14(5-2)17(15,16)11-8-6-10(7-9-11)13-12-3/h6-9H,4-5H2,1-3H3. The Bertz CT molecular complexity index is 476. The van der Waals surface area contributed by atoms with Crippen LogP contribution in [0.25, 0.3) is 0 Å². The van der Waals surface area contributed by atoms with Gasteiger partial charge in [0.15, 0.2) is 0 Å². The van der Waals surface area contributed by atoms with Crippen LogP contribution in [0.2, 0.25) is 0 Å². The molecule has 0 bridgehead atoms. The van der Waals surface area contributed by atoms with E-state index in [4.69, 9.17) is 0 Å². The molecule has 5 nitrogen and oxygen atoms in total. The van der Waals surface area contributed by atoms with Crippen molar-refractivity contribution in [3.8, 4) is 0 Å². The molecule has 6 heteroatoms. The molecular weight excluding hydrogens is 238 g/mol. The SMILES string of the molecule is CCN(CC)S(=O)(=O)c1ccc(N=NC)cc1. The second kappa shape index (κ2) is 5.88. The maximum Gasteiger partial charge on any atom is 0.243 e. The highest BCUT2D eigenvalue weighted by Crippen LogP contribution is 2.19. The molecule has 0 aliphatic carbocycles. The molecule has 0 saturated heterocycles. The topological polar surface area (TPSA) is 62.1 Å². The van der Waals surface area contributed by atoms with Crippen LogP contribution in [-0.4, -0.2) is 32.9 Å². The smallest absolute Gasteiger partial charge is 0.207 e. The van der Waals surface area contributed by atoms with Gasteiger partial charge in [0, 0.05) is 20.1 Å². The molecule has 1 rings (SSSR count). The quantitative estimate of drug-likeness (QED) is 0.758. The van der Waals surface area contributed by atoms with E-state index in [2.05, 4.69) is 10.2 Å². The predicted octanol–water partition coefficient (Wildman–Crippen LogP) is 2.43. The molecular formula is C11H17N3O2S. The second-order valence-electron chi connectivity index (χ2n) is 3.38. The Morgan fingerprint density at radius 3 is 2.06 bits per heavy atom. The monoisotopic (exact) mass is 255 g/mol. The van der Waals surface area contributed by atoms with Gasteiger partial charge in [-0.25, -0.2) is 8.42 Å².